The molecule has 1 unspecified atom stereocenters. The fourth-order valence-corrected chi connectivity index (χ4v) is 2.03. The Morgan fingerprint density at radius 3 is 2.53 bits per heavy atom. The molecule has 1 aliphatic carbocycles. The Bertz CT molecular complexity index is 507. The van der Waals surface area contributed by atoms with Crippen LogP contribution >= 0.6 is 0 Å². The molecule has 0 spiro atoms. The fraction of sp³-hybridized carbons (Fsp3) is 0.357. The second kappa shape index (κ2) is 5.65. The molecule has 5 heteroatoms. The quantitative estimate of drug-likeness (QED) is 0.644. The molecule has 1 amide bonds. The zero-order valence-corrected chi connectivity index (χ0v) is 10.6. The molecule has 5 nitrogen and oxygen atoms in total. The van der Waals surface area contributed by atoms with Crippen molar-refractivity contribution in [3.8, 4) is 5.75 Å². The molecule has 0 aromatic heterocycles. The van der Waals surface area contributed by atoms with Crippen LogP contribution in [0.15, 0.2) is 24.3 Å². The lowest BCUT2D eigenvalue weighted by Crippen LogP contribution is -2.33. The highest BCUT2D eigenvalue weighted by atomic mass is 16.5. The standard InChI is InChI=1S/C14H15NO4/c1-19-10-4-2-9(3-5-10)8-15-14(18)11-6-7-12(16)13(11)17/h2-5,11H,6-8H2,1H3,(H,15,18). The normalized spacial score (nSPS) is 18.5. The number of carbonyl (C=O) groups excluding carboxylic acids is 3. The molecule has 1 fully saturated rings. The van der Waals surface area contributed by atoms with Gasteiger partial charge in [0, 0.05) is 13.0 Å². The summed E-state index contributed by atoms with van der Waals surface area (Å²) in [6.45, 7) is 0.334. The molecule has 0 heterocycles. The van der Waals surface area contributed by atoms with E-state index in [4.69, 9.17) is 4.74 Å². The SMILES string of the molecule is COc1ccc(CNC(=O)C2CCC(=O)C2=O)cc1. The molecule has 0 bridgehead atoms. The van der Waals surface area contributed by atoms with E-state index in [-0.39, 0.29) is 12.3 Å². The minimum atomic E-state index is -0.800. The number of Topliss-reactive ketones (excluding diaryl/α,β-unsaturated/α-hetero) is 2. The highest BCUT2D eigenvalue weighted by molar-refractivity contribution is 6.43. The van der Waals surface area contributed by atoms with Crippen molar-refractivity contribution in [3.63, 3.8) is 0 Å². The number of hydrogen-bond acceptors (Lipinski definition) is 4. The van der Waals surface area contributed by atoms with Crippen LogP contribution in [-0.2, 0) is 20.9 Å². The molecule has 2 rings (SSSR count). The first-order valence-electron chi connectivity index (χ1n) is 6.09. The first-order chi connectivity index (χ1) is 9.11. The first kappa shape index (κ1) is 13.3. The van der Waals surface area contributed by atoms with Gasteiger partial charge in [-0.05, 0) is 24.1 Å². The van der Waals surface area contributed by atoms with E-state index in [9.17, 15) is 14.4 Å². The maximum atomic E-state index is 11.8. The van der Waals surface area contributed by atoms with E-state index in [0.717, 1.165) is 11.3 Å². The lowest BCUT2D eigenvalue weighted by Gasteiger charge is -2.09. The summed E-state index contributed by atoms with van der Waals surface area (Å²) >= 11 is 0. The summed E-state index contributed by atoms with van der Waals surface area (Å²) in [7, 11) is 1.58. The van der Waals surface area contributed by atoms with Gasteiger partial charge in [-0.25, -0.2) is 0 Å². The molecule has 1 N–H and O–H groups in total. The van der Waals surface area contributed by atoms with Gasteiger partial charge in [0.1, 0.15) is 11.7 Å². The predicted octanol–water partition coefficient (Wildman–Crippen LogP) is 0.860. The van der Waals surface area contributed by atoms with Gasteiger partial charge in [-0.2, -0.15) is 0 Å². The average molecular weight is 261 g/mol. The number of carbonyl (C=O) groups is 3. The number of rotatable bonds is 4. The Kier molecular flexibility index (Phi) is 3.94. The fourth-order valence-electron chi connectivity index (χ4n) is 2.03. The molecule has 0 radical (unpaired) electrons. The van der Waals surface area contributed by atoms with Gasteiger partial charge in [-0.3, -0.25) is 14.4 Å². The number of nitrogens with one attached hydrogen (secondary N) is 1. The lowest BCUT2D eigenvalue weighted by molar-refractivity contribution is -0.139. The molecular formula is C14H15NO4. The molecule has 100 valence electrons. The second-order valence-electron chi connectivity index (χ2n) is 4.44. The number of benzene rings is 1. The second-order valence-corrected chi connectivity index (χ2v) is 4.44. The molecule has 1 aromatic rings. The van der Waals surface area contributed by atoms with Crippen molar-refractivity contribution in [1.82, 2.24) is 5.32 Å². The Balaban J connectivity index is 1.89. The Morgan fingerprint density at radius 2 is 2.00 bits per heavy atom. The maximum absolute atomic E-state index is 11.8. The Hall–Kier alpha value is -2.17. The minimum absolute atomic E-state index is 0.180. The molecule has 1 aliphatic rings. The third-order valence-electron chi connectivity index (χ3n) is 3.19. The summed E-state index contributed by atoms with van der Waals surface area (Å²) in [4.78, 5) is 34.3. The monoisotopic (exact) mass is 261 g/mol. The van der Waals surface area contributed by atoms with Gasteiger partial charge >= 0.3 is 0 Å². The first-order valence-corrected chi connectivity index (χ1v) is 6.09. The van der Waals surface area contributed by atoms with E-state index in [1.54, 1.807) is 19.2 Å². The van der Waals surface area contributed by atoms with Crippen LogP contribution in [0.4, 0.5) is 0 Å². The van der Waals surface area contributed by atoms with Crippen molar-refractivity contribution in [1.29, 1.82) is 0 Å². The van der Waals surface area contributed by atoms with E-state index in [1.807, 2.05) is 12.1 Å². The minimum Gasteiger partial charge on any atom is -0.497 e. The smallest absolute Gasteiger partial charge is 0.231 e. The zero-order chi connectivity index (χ0) is 13.8. The topological polar surface area (TPSA) is 72.5 Å². The van der Waals surface area contributed by atoms with Gasteiger partial charge < -0.3 is 10.1 Å². The highest BCUT2D eigenvalue weighted by Crippen LogP contribution is 2.19. The van der Waals surface area contributed by atoms with Crippen LogP contribution in [0.25, 0.3) is 0 Å². The van der Waals surface area contributed by atoms with Gasteiger partial charge in [-0.15, -0.1) is 0 Å². The highest BCUT2D eigenvalue weighted by Gasteiger charge is 2.37. The van der Waals surface area contributed by atoms with Crippen LogP contribution in [0, 0.1) is 5.92 Å². The maximum Gasteiger partial charge on any atom is 0.231 e. The van der Waals surface area contributed by atoms with Crippen molar-refractivity contribution in [2.75, 3.05) is 7.11 Å². The average Bonchev–Trinajstić information content (AvgIpc) is 2.77. The van der Waals surface area contributed by atoms with E-state index < -0.39 is 17.5 Å². The van der Waals surface area contributed by atoms with Crippen LogP contribution in [0.2, 0.25) is 0 Å². The van der Waals surface area contributed by atoms with E-state index in [0.29, 0.717) is 13.0 Å². The van der Waals surface area contributed by atoms with Crippen LogP contribution in [-0.4, -0.2) is 24.6 Å². The van der Waals surface area contributed by atoms with Gasteiger partial charge in [0.05, 0.1) is 7.11 Å². The molecule has 1 aromatic carbocycles. The lowest BCUT2D eigenvalue weighted by atomic mass is 10.1. The molecule has 1 saturated carbocycles. The van der Waals surface area contributed by atoms with E-state index in [2.05, 4.69) is 5.32 Å². The number of ketones is 2. The molecule has 0 aliphatic heterocycles. The number of ether oxygens (including phenoxy) is 1. The van der Waals surface area contributed by atoms with Crippen LogP contribution < -0.4 is 10.1 Å². The van der Waals surface area contributed by atoms with Gasteiger partial charge in [0.25, 0.3) is 0 Å². The van der Waals surface area contributed by atoms with Crippen LogP contribution in [0.5, 0.6) is 5.75 Å². The van der Waals surface area contributed by atoms with Crippen molar-refractivity contribution in [3.05, 3.63) is 29.8 Å². The third-order valence-corrected chi connectivity index (χ3v) is 3.19. The van der Waals surface area contributed by atoms with Crippen LogP contribution in [0.1, 0.15) is 18.4 Å². The van der Waals surface area contributed by atoms with Gasteiger partial charge in [-0.1, -0.05) is 12.1 Å². The largest absolute Gasteiger partial charge is 0.497 e. The van der Waals surface area contributed by atoms with E-state index >= 15 is 0 Å². The summed E-state index contributed by atoms with van der Waals surface area (Å²) in [5.74, 6) is -1.43. The molecule has 19 heavy (non-hydrogen) atoms. The summed E-state index contributed by atoms with van der Waals surface area (Å²) in [6.07, 6.45) is 0.506. The number of hydrogen-bond donors (Lipinski definition) is 1. The number of amides is 1. The molecule has 1 atom stereocenters. The molecular weight excluding hydrogens is 246 g/mol. The summed E-state index contributed by atoms with van der Waals surface area (Å²) in [6, 6.07) is 7.26. The van der Waals surface area contributed by atoms with Crippen LogP contribution in [0.3, 0.4) is 0 Å². The Labute approximate surface area is 110 Å². The van der Waals surface area contributed by atoms with Gasteiger partial charge in [0.2, 0.25) is 11.7 Å². The van der Waals surface area contributed by atoms with Crippen molar-refractivity contribution in [2.45, 2.75) is 19.4 Å². The predicted molar refractivity (Wildman–Crippen MR) is 67.6 cm³/mol. The third kappa shape index (κ3) is 2.99. The van der Waals surface area contributed by atoms with Crippen molar-refractivity contribution in [2.24, 2.45) is 5.92 Å². The Morgan fingerprint density at radius 1 is 1.32 bits per heavy atom. The van der Waals surface area contributed by atoms with E-state index in [1.165, 1.54) is 0 Å². The number of methoxy groups -OCH3 is 1. The summed E-state index contributed by atoms with van der Waals surface area (Å²) in [5, 5.41) is 2.68. The van der Waals surface area contributed by atoms with Crippen molar-refractivity contribution >= 4 is 17.5 Å². The summed E-state index contributed by atoms with van der Waals surface area (Å²) < 4.78 is 5.03. The zero-order valence-electron chi connectivity index (χ0n) is 10.6. The molecule has 0 saturated heterocycles. The summed E-state index contributed by atoms with van der Waals surface area (Å²) in [5.41, 5.74) is 0.908. The van der Waals surface area contributed by atoms with Crippen molar-refractivity contribution < 1.29 is 19.1 Å². The van der Waals surface area contributed by atoms with Gasteiger partial charge in [0.15, 0.2) is 5.78 Å².